The number of hydrogen-bond donors (Lipinski definition) is 0. The van der Waals surface area contributed by atoms with Crippen LogP contribution in [-0.4, -0.2) is 10.8 Å². The smallest absolute Gasteiger partial charge is 0.188 e. The first-order valence-electron chi connectivity index (χ1n) is 9.48. The first-order valence-corrected chi connectivity index (χ1v) is 9.86. The number of aromatic nitrogens is 1. The van der Waals surface area contributed by atoms with Crippen LogP contribution in [0.3, 0.4) is 0 Å². The van der Waals surface area contributed by atoms with E-state index in [-0.39, 0.29) is 5.78 Å². The topological polar surface area (TPSA) is 30.0 Å². The highest BCUT2D eigenvalue weighted by molar-refractivity contribution is 6.31. The summed E-state index contributed by atoms with van der Waals surface area (Å²) in [6, 6.07) is 23.6. The number of halogens is 1. The molecular formula is C26H20ClNO. The van der Waals surface area contributed by atoms with Gasteiger partial charge in [-0.3, -0.25) is 9.78 Å². The van der Waals surface area contributed by atoms with Gasteiger partial charge in [0, 0.05) is 21.7 Å². The van der Waals surface area contributed by atoms with Gasteiger partial charge in [-0.25, -0.2) is 0 Å². The number of benzene rings is 3. The first kappa shape index (κ1) is 19.1. The molecule has 29 heavy (non-hydrogen) atoms. The van der Waals surface area contributed by atoms with Gasteiger partial charge in [-0.05, 0) is 48.7 Å². The van der Waals surface area contributed by atoms with Crippen molar-refractivity contribution in [2.45, 2.75) is 13.8 Å². The summed E-state index contributed by atoms with van der Waals surface area (Å²) in [6.07, 6.45) is 3.51. The van der Waals surface area contributed by atoms with Gasteiger partial charge in [-0.15, -0.1) is 0 Å². The number of rotatable bonds is 4. The molecule has 0 unspecified atom stereocenters. The van der Waals surface area contributed by atoms with E-state index in [1.165, 1.54) is 0 Å². The molecule has 0 radical (unpaired) electrons. The Kier molecular flexibility index (Phi) is 5.28. The Balaban J connectivity index is 1.92. The van der Waals surface area contributed by atoms with Gasteiger partial charge in [-0.1, -0.05) is 78.3 Å². The maximum absolute atomic E-state index is 13.3. The van der Waals surface area contributed by atoms with Crippen LogP contribution >= 0.6 is 11.6 Å². The number of fused-ring (bicyclic) bond motifs is 1. The molecule has 4 rings (SSSR count). The fourth-order valence-corrected chi connectivity index (χ4v) is 3.76. The third kappa shape index (κ3) is 3.85. The minimum atomic E-state index is -0.0612. The average molecular weight is 398 g/mol. The molecule has 0 fully saturated rings. The zero-order valence-electron chi connectivity index (χ0n) is 16.3. The first-order chi connectivity index (χ1) is 14.0. The van der Waals surface area contributed by atoms with Gasteiger partial charge in [0.25, 0.3) is 0 Å². The zero-order valence-corrected chi connectivity index (χ0v) is 17.1. The van der Waals surface area contributed by atoms with Crippen molar-refractivity contribution in [3.8, 4) is 11.1 Å². The zero-order chi connectivity index (χ0) is 20.4. The molecule has 3 heteroatoms. The van der Waals surface area contributed by atoms with Crippen LogP contribution in [0.15, 0.2) is 78.9 Å². The van der Waals surface area contributed by atoms with E-state index < -0.39 is 0 Å². The van der Waals surface area contributed by atoms with Crippen molar-refractivity contribution in [1.29, 1.82) is 0 Å². The Hall–Kier alpha value is -3.23. The van der Waals surface area contributed by atoms with E-state index in [0.29, 0.717) is 16.3 Å². The van der Waals surface area contributed by atoms with E-state index in [2.05, 4.69) is 4.98 Å². The Bertz CT molecular complexity index is 1240. The lowest BCUT2D eigenvalue weighted by Crippen LogP contribution is -2.05. The highest BCUT2D eigenvalue weighted by Gasteiger charge is 2.19. The third-order valence-electron chi connectivity index (χ3n) is 5.04. The van der Waals surface area contributed by atoms with Crippen molar-refractivity contribution in [1.82, 2.24) is 4.98 Å². The van der Waals surface area contributed by atoms with Crippen molar-refractivity contribution in [3.63, 3.8) is 0 Å². The molecule has 0 atom stereocenters. The summed E-state index contributed by atoms with van der Waals surface area (Å²) in [5.41, 5.74) is 6.13. The number of pyridine rings is 1. The molecule has 4 aromatic rings. The van der Waals surface area contributed by atoms with Crippen LogP contribution in [0.4, 0.5) is 0 Å². The summed E-state index contributed by atoms with van der Waals surface area (Å²) in [7, 11) is 0. The van der Waals surface area contributed by atoms with Gasteiger partial charge >= 0.3 is 0 Å². The molecule has 1 heterocycles. The van der Waals surface area contributed by atoms with Crippen molar-refractivity contribution in [2.24, 2.45) is 0 Å². The van der Waals surface area contributed by atoms with Crippen LogP contribution in [0.1, 0.15) is 27.2 Å². The number of aryl methyl sites for hydroxylation is 2. The molecule has 0 N–H and O–H groups in total. The van der Waals surface area contributed by atoms with Gasteiger partial charge < -0.3 is 0 Å². The average Bonchev–Trinajstić information content (AvgIpc) is 2.72. The molecule has 0 amide bonds. The second-order valence-corrected chi connectivity index (χ2v) is 7.47. The van der Waals surface area contributed by atoms with Crippen LogP contribution in [-0.2, 0) is 0 Å². The maximum Gasteiger partial charge on any atom is 0.188 e. The van der Waals surface area contributed by atoms with Gasteiger partial charge in [0.2, 0.25) is 0 Å². The number of ketones is 1. The van der Waals surface area contributed by atoms with Gasteiger partial charge in [0.1, 0.15) is 0 Å². The Morgan fingerprint density at radius 1 is 0.931 bits per heavy atom. The minimum Gasteiger partial charge on any atom is -0.289 e. The lowest BCUT2D eigenvalue weighted by atomic mass is 9.92. The van der Waals surface area contributed by atoms with Crippen LogP contribution in [0.25, 0.3) is 28.1 Å². The lowest BCUT2D eigenvalue weighted by Gasteiger charge is -2.14. The van der Waals surface area contributed by atoms with Crippen LogP contribution in [0.2, 0.25) is 5.02 Å². The van der Waals surface area contributed by atoms with Gasteiger partial charge in [0.15, 0.2) is 5.78 Å². The summed E-state index contributed by atoms with van der Waals surface area (Å²) in [5.74, 6) is -0.0612. The van der Waals surface area contributed by atoms with Crippen molar-refractivity contribution in [2.75, 3.05) is 0 Å². The number of allylic oxidation sites excluding steroid dienone is 1. The van der Waals surface area contributed by atoms with E-state index in [9.17, 15) is 4.79 Å². The molecule has 1 aromatic heterocycles. The Labute approximate surface area is 175 Å². The fourth-order valence-electron chi connectivity index (χ4n) is 3.59. The van der Waals surface area contributed by atoms with E-state index in [1.54, 1.807) is 6.08 Å². The maximum atomic E-state index is 13.3. The second-order valence-electron chi connectivity index (χ2n) is 7.03. The molecule has 0 aliphatic rings. The summed E-state index contributed by atoms with van der Waals surface area (Å²) < 4.78 is 0. The molecule has 0 aliphatic carbocycles. The normalized spacial score (nSPS) is 11.3. The summed E-state index contributed by atoms with van der Waals surface area (Å²) in [5, 5.41) is 1.54. The second kappa shape index (κ2) is 8.02. The number of carbonyl (C=O) groups excluding carboxylic acids is 1. The lowest BCUT2D eigenvalue weighted by molar-refractivity contribution is 0.104. The summed E-state index contributed by atoms with van der Waals surface area (Å²) in [4.78, 5) is 18.0. The standard InChI is InChI=1S/C26H20ClNO/c1-17-8-6-7-9-19(17)12-15-24(29)25-18(2)28-23-16-21(27)13-14-22(23)26(25)20-10-4-3-5-11-20/h3-16H,1-2H3. The number of hydrogen-bond acceptors (Lipinski definition) is 2. The van der Waals surface area contributed by atoms with E-state index in [0.717, 1.165) is 33.2 Å². The predicted octanol–water partition coefficient (Wildman–Crippen LogP) is 7.07. The third-order valence-corrected chi connectivity index (χ3v) is 5.28. The minimum absolute atomic E-state index is 0.0612. The summed E-state index contributed by atoms with van der Waals surface area (Å²) in [6.45, 7) is 3.91. The molecule has 0 saturated heterocycles. The van der Waals surface area contributed by atoms with Crippen LogP contribution in [0.5, 0.6) is 0 Å². The van der Waals surface area contributed by atoms with Crippen molar-refractivity contribution >= 4 is 34.4 Å². The fraction of sp³-hybridized carbons (Fsp3) is 0.0769. The van der Waals surface area contributed by atoms with E-state index >= 15 is 0 Å². The largest absolute Gasteiger partial charge is 0.289 e. The molecule has 0 spiro atoms. The highest BCUT2D eigenvalue weighted by Crippen LogP contribution is 2.34. The summed E-state index contributed by atoms with van der Waals surface area (Å²) >= 11 is 6.19. The molecule has 0 aliphatic heterocycles. The van der Waals surface area contributed by atoms with Crippen LogP contribution < -0.4 is 0 Å². The van der Waals surface area contributed by atoms with Gasteiger partial charge in [-0.2, -0.15) is 0 Å². The molecular weight excluding hydrogens is 378 g/mol. The van der Waals surface area contributed by atoms with E-state index in [4.69, 9.17) is 11.6 Å². The molecule has 142 valence electrons. The number of carbonyl (C=O) groups is 1. The predicted molar refractivity (Wildman–Crippen MR) is 121 cm³/mol. The molecule has 3 aromatic carbocycles. The Morgan fingerprint density at radius 3 is 2.41 bits per heavy atom. The van der Waals surface area contributed by atoms with Crippen molar-refractivity contribution < 1.29 is 4.79 Å². The quantitative estimate of drug-likeness (QED) is 0.272. The highest BCUT2D eigenvalue weighted by atomic mass is 35.5. The SMILES string of the molecule is Cc1ccccc1C=CC(=O)c1c(C)nc2cc(Cl)ccc2c1-c1ccccc1. The Morgan fingerprint density at radius 2 is 1.66 bits per heavy atom. The van der Waals surface area contributed by atoms with Gasteiger partial charge in [0.05, 0.1) is 11.1 Å². The van der Waals surface area contributed by atoms with Crippen LogP contribution in [0, 0.1) is 13.8 Å². The van der Waals surface area contributed by atoms with E-state index in [1.807, 2.05) is 92.7 Å². The van der Waals surface area contributed by atoms with Crippen molar-refractivity contribution in [3.05, 3.63) is 106 Å². The molecule has 0 bridgehead atoms. The monoisotopic (exact) mass is 397 g/mol. The molecule has 0 saturated carbocycles. The number of nitrogens with zero attached hydrogens (tertiary/aromatic N) is 1. The molecule has 2 nitrogen and oxygen atoms in total.